The molecule has 1 aliphatic rings. The second kappa shape index (κ2) is 4.22. The van der Waals surface area contributed by atoms with Gasteiger partial charge in [-0.1, -0.05) is 25.1 Å². The molecule has 4 nitrogen and oxygen atoms in total. The van der Waals surface area contributed by atoms with Crippen LogP contribution in [0.2, 0.25) is 0 Å². The second-order valence-corrected chi connectivity index (χ2v) is 4.41. The Morgan fingerprint density at radius 3 is 2.69 bits per heavy atom. The molecule has 1 aliphatic carbocycles. The zero-order valence-corrected chi connectivity index (χ0v) is 9.51. The Kier molecular flexibility index (Phi) is 2.92. The molecular formula is C12H16N2O2. The van der Waals surface area contributed by atoms with Gasteiger partial charge in [0.1, 0.15) is 0 Å². The van der Waals surface area contributed by atoms with Crippen molar-refractivity contribution in [2.24, 2.45) is 5.92 Å². The summed E-state index contributed by atoms with van der Waals surface area (Å²) in [5.41, 5.74) is 1.14. The number of rotatable bonds is 3. The molecule has 0 aliphatic heterocycles. The third-order valence-electron chi connectivity index (χ3n) is 3.68. The topological polar surface area (TPSA) is 55.2 Å². The van der Waals surface area contributed by atoms with E-state index in [-0.39, 0.29) is 10.6 Å². The molecule has 4 heteroatoms. The van der Waals surface area contributed by atoms with E-state index in [9.17, 15) is 10.1 Å². The van der Waals surface area contributed by atoms with Gasteiger partial charge in [-0.05, 0) is 25.3 Å². The van der Waals surface area contributed by atoms with E-state index in [1.54, 1.807) is 12.1 Å². The van der Waals surface area contributed by atoms with Crippen LogP contribution in [0, 0.1) is 16.0 Å². The molecule has 1 N–H and O–H groups in total. The van der Waals surface area contributed by atoms with Crippen LogP contribution < -0.4 is 5.32 Å². The Morgan fingerprint density at radius 2 is 2.12 bits per heavy atom. The van der Waals surface area contributed by atoms with Gasteiger partial charge >= 0.3 is 0 Å². The molecule has 1 aromatic rings. The molecule has 1 aromatic carbocycles. The van der Waals surface area contributed by atoms with Crippen LogP contribution >= 0.6 is 0 Å². The predicted octanol–water partition coefficient (Wildman–Crippen LogP) is 2.31. The Hall–Kier alpha value is -1.42. The first-order valence-corrected chi connectivity index (χ1v) is 5.55. The lowest BCUT2D eigenvalue weighted by Gasteiger charge is -2.42. The Morgan fingerprint density at radius 1 is 1.44 bits per heavy atom. The molecular weight excluding hydrogens is 204 g/mol. The van der Waals surface area contributed by atoms with Crippen molar-refractivity contribution in [1.82, 2.24) is 5.32 Å². The third kappa shape index (κ3) is 1.69. The van der Waals surface area contributed by atoms with E-state index in [1.807, 2.05) is 19.2 Å². The number of para-hydroxylation sites is 1. The van der Waals surface area contributed by atoms with Crippen molar-refractivity contribution in [2.45, 2.75) is 25.3 Å². The van der Waals surface area contributed by atoms with Gasteiger partial charge in [-0.2, -0.15) is 0 Å². The van der Waals surface area contributed by atoms with Crippen molar-refractivity contribution in [3.05, 3.63) is 39.9 Å². The summed E-state index contributed by atoms with van der Waals surface area (Å²) in [6, 6.07) is 7.56. The van der Waals surface area contributed by atoms with Crippen LogP contribution in [0.5, 0.6) is 0 Å². The smallest absolute Gasteiger partial charge is 0.272 e. The summed E-state index contributed by atoms with van der Waals surface area (Å²) in [5, 5.41) is 14.1. The average Bonchev–Trinajstić information content (AvgIpc) is 2.28. The van der Waals surface area contributed by atoms with Crippen LogP contribution in [0.15, 0.2) is 24.3 Å². The molecule has 0 amide bonds. The monoisotopic (exact) mass is 220 g/mol. The number of nitro groups is 1. The van der Waals surface area contributed by atoms with Crippen LogP contribution in [0.1, 0.15) is 24.8 Å². The van der Waals surface area contributed by atoms with Crippen molar-refractivity contribution in [3.8, 4) is 0 Å². The van der Waals surface area contributed by atoms with E-state index < -0.39 is 0 Å². The molecule has 0 aromatic heterocycles. The van der Waals surface area contributed by atoms with Crippen LogP contribution in [0.25, 0.3) is 0 Å². The normalized spacial score (nSPS) is 28.5. The number of benzene rings is 1. The minimum atomic E-state index is -0.283. The lowest BCUT2D eigenvalue weighted by Crippen LogP contribution is -2.46. The number of nitro benzene ring substituents is 1. The fraction of sp³-hybridized carbons (Fsp3) is 0.500. The van der Waals surface area contributed by atoms with Crippen LogP contribution in [-0.2, 0) is 0 Å². The van der Waals surface area contributed by atoms with E-state index in [1.165, 1.54) is 0 Å². The van der Waals surface area contributed by atoms with Gasteiger partial charge < -0.3 is 5.32 Å². The van der Waals surface area contributed by atoms with E-state index in [0.717, 1.165) is 12.0 Å². The maximum atomic E-state index is 10.9. The molecule has 0 saturated heterocycles. The fourth-order valence-electron chi connectivity index (χ4n) is 2.55. The molecule has 16 heavy (non-hydrogen) atoms. The standard InChI is InChI=1S/C12H16N2O2/c1-8-10(7-11(8)13-2)9-5-3-4-6-12(9)14(15)16/h3-6,8,10-11,13H,7H2,1-2H3. The second-order valence-electron chi connectivity index (χ2n) is 4.41. The van der Waals surface area contributed by atoms with Crippen LogP contribution in [0.3, 0.4) is 0 Å². The van der Waals surface area contributed by atoms with Gasteiger partial charge in [0.05, 0.1) is 4.92 Å². The third-order valence-corrected chi connectivity index (χ3v) is 3.68. The number of nitrogens with zero attached hydrogens (tertiary/aromatic N) is 1. The van der Waals surface area contributed by atoms with Gasteiger partial charge in [0.25, 0.3) is 5.69 Å². The maximum Gasteiger partial charge on any atom is 0.272 e. The highest BCUT2D eigenvalue weighted by atomic mass is 16.6. The highest BCUT2D eigenvalue weighted by Crippen LogP contribution is 2.45. The van der Waals surface area contributed by atoms with Gasteiger partial charge in [0.15, 0.2) is 0 Å². The van der Waals surface area contributed by atoms with Gasteiger partial charge in [0.2, 0.25) is 0 Å². The molecule has 2 rings (SSSR count). The molecule has 86 valence electrons. The molecule has 3 unspecified atom stereocenters. The number of hydrogen-bond donors (Lipinski definition) is 1. The van der Waals surface area contributed by atoms with E-state index in [4.69, 9.17) is 0 Å². The van der Waals surface area contributed by atoms with Gasteiger partial charge in [-0.25, -0.2) is 0 Å². The molecule has 1 saturated carbocycles. The number of nitrogens with one attached hydrogen (secondary N) is 1. The summed E-state index contributed by atoms with van der Waals surface area (Å²) in [5.74, 6) is 0.783. The summed E-state index contributed by atoms with van der Waals surface area (Å²) in [6.45, 7) is 2.14. The SMILES string of the molecule is CNC1CC(c2ccccc2[N+](=O)[O-])C1C. The average molecular weight is 220 g/mol. The molecule has 0 spiro atoms. The molecule has 1 fully saturated rings. The maximum absolute atomic E-state index is 10.9. The largest absolute Gasteiger partial charge is 0.317 e. The highest BCUT2D eigenvalue weighted by Gasteiger charge is 2.40. The van der Waals surface area contributed by atoms with Gasteiger partial charge in [-0.3, -0.25) is 10.1 Å². The van der Waals surface area contributed by atoms with Crippen molar-refractivity contribution in [2.75, 3.05) is 7.05 Å². The van der Waals surface area contributed by atoms with Gasteiger partial charge in [-0.15, -0.1) is 0 Å². The minimum Gasteiger partial charge on any atom is -0.317 e. The highest BCUT2D eigenvalue weighted by molar-refractivity contribution is 5.44. The van der Waals surface area contributed by atoms with Gasteiger partial charge in [0, 0.05) is 17.7 Å². The van der Waals surface area contributed by atoms with Crippen molar-refractivity contribution < 1.29 is 4.92 Å². The first-order chi connectivity index (χ1) is 7.65. The van der Waals surface area contributed by atoms with E-state index >= 15 is 0 Å². The summed E-state index contributed by atoms with van der Waals surface area (Å²) in [6.07, 6.45) is 0.989. The Bertz CT molecular complexity index is 406. The van der Waals surface area contributed by atoms with Crippen molar-refractivity contribution >= 4 is 5.69 Å². The molecule has 0 heterocycles. The van der Waals surface area contributed by atoms with Crippen LogP contribution in [-0.4, -0.2) is 18.0 Å². The lowest BCUT2D eigenvalue weighted by molar-refractivity contribution is -0.386. The Balaban J connectivity index is 2.25. The minimum absolute atomic E-state index is 0.258. The summed E-state index contributed by atoms with van der Waals surface area (Å²) in [7, 11) is 1.94. The van der Waals surface area contributed by atoms with Crippen LogP contribution in [0.4, 0.5) is 5.69 Å². The van der Waals surface area contributed by atoms with E-state index in [0.29, 0.717) is 17.9 Å². The summed E-state index contributed by atoms with van der Waals surface area (Å²) in [4.78, 5) is 10.6. The lowest BCUT2D eigenvalue weighted by atomic mass is 9.67. The predicted molar refractivity (Wildman–Crippen MR) is 62.5 cm³/mol. The van der Waals surface area contributed by atoms with Crippen molar-refractivity contribution in [1.29, 1.82) is 0 Å². The quantitative estimate of drug-likeness (QED) is 0.628. The summed E-state index contributed by atoms with van der Waals surface area (Å²) >= 11 is 0. The zero-order chi connectivity index (χ0) is 11.7. The molecule has 3 atom stereocenters. The summed E-state index contributed by atoms with van der Waals surface area (Å²) < 4.78 is 0. The van der Waals surface area contributed by atoms with Crippen molar-refractivity contribution in [3.63, 3.8) is 0 Å². The Labute approximate surface area is 94.8 Å². The van der Waals surface area contributed by atoms with E-state index in [2.05, 4.69) is 12.2 Å². The fourth-order valence-corrected chi connectivity index (χ4v) is 2.55. The first-order valence-electron chi connectivity index (χ1n) is 5.55. The zero-order valence-electron chi connectivity index (χ0n) is 9.51. The number of hydrogen-bond acceptors (Lipinski definition) is 3. The molecule has 0 radical (unpaired) electrons. The first kappa shape index (κ1) is 11.1. The molecule has 0 bridgehead atoms.